The zero-order valence-electron chi connectivity index (χ0n) is 18.3. The van der Waals surface area contributed by atoms with E-state index in [1.807, 2.05) is 0 Å². The highest BCUT2D eigenvalue weighted by atomic mass is 19.1. The van der Waals surface area contributed by atoms with Gasteiger partial charge in [-0.25, -0.2) is 18.0 Å². The highest BCUT2D eigenvalue weighted by Gasteiger charge is 2.28. The maximum atomic E-state index is 14.3. The number of urea groups is 1. The maximum absolute atomic E-state index is 14.3. The van der Waals surface area contributed by atoms with Crippen LogP contribution in [0.25, 0.3) is 0 Å². The number of anilines is 1. The normalized spacial score (nSPS) is 14.8. The molecule has 0 aromatic heterocycles. The lowest BCUT2D eigenvalue weighted by Gasteiger charge is -2.26. The van der Waals surface area contributed by atoms with Gasteiger partial charge in [-0.05, 0) is 35.9 Å². The molecule has 0 saturated carbocycles. The second kappa shape index (κ2) is 10.3. The number of ether oxygens (including phenoxy) is 1. The van der Waals surface area contributed by atoms with E-state index in [2.05, 4.69) is 10.5 Å². The van der Waals surface area contributed by atoms with E-state index in [0.717, 1.165) is 12.1 Å². The van der Waals surface area contributed by atoms with Gasteiger partial charge in [-0.15, -0.1) is 0 Å². The first-order chi connectivity index (χ1) is 16.4. The van der Waals surface area contributed by atoms with Crippen LogP contribution in [0.4, 0.5) is 23.7 Å². The zero-order valence-corrected chi connectivity index (χ0v) is 18.3. The summed E-state index contributed by atoms with van der Waals surface area (Å²) in [6.45, 7) is -0.0508. The Labute approximate surface area is 194 Å². The van der Waals surface area contributed by atoms with E-state index in [9.17, 15) is 18.0 Å². The minimum Gasteiger partial charge on any atom is -0.495 e. The first-order valence-electron chi connectivity index (χ1n) is 10.5. The third-order valence-corrected chi connectivity index (χ3v) is 5.35. The van der Waals surface area contributed by atoms with Gasteiger partial charge in [-0.2, -0.15) is 0 Å². The summed E-state index contributed by atoms with van der Waals surface area (Å²) in [4.78, 5) is 20.0. The smallest absolute Gasteiger partial charge is 0.322 e. The number of hydrogen-bond acceptors (Lipinski definition) is 4. The summed E-state index contributed by atoms with van der Waals surface area (Å²) in [5.41, 5.74) is 1.91. The van der Waals surface area contributed by atoms with E-state index in [1.165, 1.54) is 30.2 Å². The predicted octanol–water partition coefficient (Wildman–Crippen LogP) is 5.34. The molecule has 1 N–H and O–H groups in total. The summed E-state index contributed by atoms with van der Waals surface area (Å²) in [6, 6.07) is 15.4. The number of nitrogens with one attached hydrogen (secondary N) is 1. The molecule has 176 valence electrons. The third kappa shape index (κ3) is 5.48. The Balaban J connectivity index is 1.51. The minimum absolute atomic E-state index is 0.0754. The number of halogens is 3. The first-order valence-corrected chi connectivity index (χ1v) is 10.5. The molecule has 1 unspecified atom stereocenters. The molecule has 0 spiro atoms. The largest absolute Gasteiger partial charge is 0.495 e. The van der Waals surface area contributed by atoms with Crippen LogP contribution in [0.5, 0.6) is 5.75 Å². The number of methoxy groups -OCH3 is 1. The molecule has 0 fully saturated rings. The van der Waals surface area contributed by atoms with E-state index in [0.29, 0.717) is 29.1 Å². The highest BCUT2D eigenvalue weighted by Crippen LogP contribution is 2.25. The van der Waals surface area contributed by atoms with Crippen LogP contribution in [0.3, 0.4) is 0 Å². The number of nitrogens with zero attached hydrogens (tertiary/aromatic N) is 2. The quantitative estimate of drug-likeness (QED) is 0.508. The topological polar surface area (TPSA) is 63.2 Å². The van der Waals surface area contributed by atoms with Crippen molar-refractivity contribution in [1.82, 2.24) is 4.90 Å². The molecular weight excluding hydrogens is 447 g/mol. The van der Waals surface area contributed by atoms with Gasteiger partial charge in [0.25, 0.3) is 0 Å². The number of carbonyl (C=O) groups excluding carboxylic acids is 1. The van der Waals surface area contributed by atoms with E-state index in [4.69, 9.17) is 9.57 Å². The summed E-state index contributed by atoms with van der Waals surface area (Å²) >= 11 is 0. The molecular formula is C25H22F3N3O3. The van der Waals surface area contributed by atoms with E-state index >= 15 is 0 Å². The molecule has 0 saturated heterocycles. The Morgan fingerprint density at radius 1 is 1.09 bits per heavy atom. The number of amides is 2. The van der Waals surface area contributed by atoms with Gasteiger partial charge in [0.15, 0.2) is 6.10 Å². The van der Waals surface area contributed by atoms with Crippen LogP contribution in [0, 0.1) is 17.5 Å². The minimum atomic E-state index is -0.759. The van der Waals surface area contributed by atoms with Crippen LogP contribution in [0.1, 0.15) is 17.5 Å². The standard InChI is InChI=1S/C25H22F3N3O3/c1-33-24-5-3-2-4-22(24)29-25(32)31(14-17-8-11-19(27)12-21(17)28)15-20-13-23(30-34-20)16-6-9-18(26)10-7-16/h2-12,20H,13-15H2,1H3,(H,29,32). The molecule has 1 heterocycles. The van der Waals surface area contributed by atoms with Crippen LogP contribution in [0.15, 0.2) is 71.9 Å². The zero-order chi connectivity index (χ0) is 24.1. The van der Waals surface area contributed by atoms with Gasteiger partial charge in [0.1, 0.15) is 23.2 Å². The van der Waals surface area contributed by atoms with Gasteiger partial charge in [0, 0.05) is 18.1 Å². The molecule has 4 rings (SSSR count). The van der Waals surface area contributed by atoms with Crippen molar-refractivity contribution in [2.24, 2.45) is 5.16 Å². The molecule has 3 aromatic carbocycles. The maximum Gasteiger partial charge on any atom is 0.322 e. The fraction of sp³-hybridized carbons (Fsp3) is 0.200. The van der Waals surface area contributed by atoms with Crippen LogP contribution in [-0.4, -0.2) is 36.4 Å². The second-order valence-corrected chi connectivity index (χ2v) is 7.72. The Kier molecular flexibility index (Phi) is 7.01. The molecule has 1 atom stereocenters. The van der Waals surface area contributed by atoms with Crippen molar-refractivity contribution < 1.29 is 27.5 Å². The van der Waals surface area contributed by atoms with Crippen molar-refractivity contribution in [2.45, 2.75) is 19.1 Å². The monoisotopic (exact) mass is 469 g/mol. The molecule has 0 bridgehead atoms. The van der Waals surface area contributed by atoms with Gasteiger partial charge in [-0.3, -0.25) is 0 Å². The number of benzene rings is 3. The van der Waals surface area contributed by atoms with Gasteiger partial charge in [-0.1, -0.05) is 35.5 Å². The summed E-state index contributed by atoms with van der Waals surface area (Å²) < 4.78 is 46.2. The number of rotatable bonds is 7. The second-order valence-electron chi connectivity index (χ2n) is 7.72. The Hall–Kier alpha value is -4.01. The lowest BCUT2D eigenvalue weighted by Crippen LogP contribution is -2.40. The number of oxime groups is 1. The van der Waals surface area contributed by atoms with Crippen molar-refractivity contribution in [3.63, 3.8) is 0 Å². The van der Waals surface area contributed by atoms with E-state index < -0.39 is 23.8 Å². The summed E-state index contributed by atoms with van der Waals surface area (Å²) in [7, 11) is 1.48. The molecule has 9 heteroatoms. The lowest BCUT2D eigenvalue weighted by atomic mass is 10.0. The fourth-order valence-electron chi connectivity index (χ4n) is 3.60. The lowest BCUT2D eigenvalue weighted by molar-refractivity contribution is 0.0606. The van der Waals surface area contributed by atoms with Gasteiger partial charge in [0.05, 0.1) is 31.6 Å². The molecule has 0 radical (unpaired) electrons. The van der Waals surface area contributed by atoms with Gasteiger partial charge >= 0.3 is 6.03 Å². The molecule has 3 aromatic rings. The van der Waals surface area contributed by atoms with Crippen LogP contribution in [-0.2, 0) is 11.4 Å². The van der Waals surface area contributed by atoms with Crippen LogP contribution in [0.2, 0.25) is 0 Å². The average molecular weight is 469 g/mol. The Bertz CT molecular complexity index is 1200. The highest BCUT2D eigenvalue weighted by molar-refractivity contribution is 6.01. The fourth-order valence-corrected chi connectivity index (χ4v) is 3.60. The summed E-state index contributed by atoms with van der Waals surface area (Å²) in [6.07, 6.45) is -0.136. The molecule has 2 amide bonds. The van der Waals surface area contributed by atoms with Gasteiger partial charge < -0.3 is 19.8 Å². The molecule has 34 heavy (non-hydrogen) atoms. The van der Waals surface area contributed by atoms with Crippen molar-refractivity contribution in [1.29, 1.82) is 0 Å². The first kappa shape index (κ1) is 23.2. The molecule has 6 nitrogen and oxygen atoms in total. The summed E-state index contributed by atoms with van der Waals surface area (Å²) in [5, 5.41) is 6.84. The Morgan fingerprint density at radius 2 is 1.82 bits per heavy atom. The van der Waals surface area contributed by atoms with Crippen molar-refractivity contribution in [3.8, 4) is 5.75 Å². The summed E-state index contributed by atoms with van der Waals surface area (Å²) in [5.74, 6) is -1.36. The SMILES string of the molecule is COc1ccccc1NC(=O)N(Cc1ccc(F)cc1F)CC1CC(c2ccc(F)cc2)=NO1. The van der Waals surface area contributed by atoms with E-state index in [1.54, 1.807) is 36.4 Å². The van der Waals surface area contributed by atoms with E-state index in [-0.39, 0.29) is 24.5 Å². The number of para-hydroxylation sites is 2. The average Bonchev–Trinajstić information content (AvgIpc) is 3.29. The van der Waals surface area contributed by atoms with Crippen molar-refractivity contribution in [2.75, 3.05) is 19.0 Å². The van der Waals surface area contributed by atoms with Crippen LogP contribution < -0.4 is 10.1 Å². The third-order valence-electron chi connectivity index (χ3n) is 5.35. The molecule has 0 aliphatic carbocycles. The van der Waals surface area contributed by atoms with Crippen LogP contribution >= 0.6 is 0 Å². The number of carbonyl (C=O) groups is 1. The van der Waals surface area contributed by atoms with Crippen molar-refractivity contribution in [3.05, 3.63) is 95.3 Å². The van der Waals surface area contributed by atoms with Gasteiger partial charge in [0.2, 0.25) is 0 Å². The number of hydrogen-bond donors (Lipinski definition) is 1. The predicted molar refractivity (Wildman–Crippen MR) is 121 cm³/mol. The Morgan fingerprint density at radius 3 is 2.56 bits per heavy atom. The van der Waals surface area contributed by atoms with Crippen molar-refractivity contribution >= 4 is 17.4 Å². The molecule has 1 aliphatic rings. The molecule has 1 aliphatic heterocycles.